The van der Waals surface area contributed by atoms with Crippen LogP contribution in [0.2, 0.25) is 0 Å². The molecule has 1 N–H and O–H groups in total. The fourth-order valence-electron chi connectivity index (χ4n) is 1.60. The van der Waals surface area contributed by atoms with E-state index in [4.69, 9.17) is 0 Å². The smallest absolute Gasteiger partial charge is 0.394 e. The average molecular weight is 199 g/mol. The van der Waals surface area contributed by atoms with Gasteiger partial charge in [-0.05, 0) is 18.6 Å². The summed E-state index contributed by atoms with van der Waals surface area (Å²) >= 11 is 0. The van der Waals surface area contributed by atoms with Crippen molar-refractivity contribution in [3.05, 3.63) is 23.8 Å². The maximum absolute atomic E-state index is 12.6. The third-order valence-electron chi connectivity index (χ3n) is 2.11. The normalized spacial score (nSPS) is 14.8. The van der Waals surface area contributed by atoms with Crippen molar-refractivity contribution in [3.8, 4) is 5.75 Å². The lowest BCUT2D eigenvalue weighted by atomic mass is 10.1. The Labute approximate surface area is 80.9 Å². The van der Waals surface area contributed by atoms with Gasteiger partial charge in [-0.25, -0.2) is 0 Å². The van der Waals surface area contributed by atoms with Gasteiger partial charge in [0.05, 0.1) is 0 Å². The number of hydrogen-bond acceptors (Lipinski definition) is 2. The highest BCUT2D eigenvalue weighted by atomic mass is 19.3. The summed E-state index contributed by atoms with van der Waals surface area (Å²) < 4.78 is 29.8. The number of alkyl halides is 2. The molecule has 2 nitrogen and oxygen atoms in total. The van der Waals surface area contributed by atoms with Gasteiger partial charge in [-0.3, -0.25) is 0 Å². The van der Waals surface area contributed by atoms with E-state index < -0.39 is 6.11 Å². The summed E-state index contributed by atoms with van der Waals surface area (Å²) in [5.41, 5.74) is 1.74. The lowest BCUT2D eigenvalue weighted by Crippen LogP contribution is -2.19. The van der Waals surface area contributed by atoms with Crippen LogP contribution in [0.15, 0.2) is 18.2 Å². The van der Waals surface area contributed by atoms with Crippen molar-refractivity contribution in [1.82, 2.24) is 0 Å². The minimum absolute atomic E-state index is 0.278. The van der Waals surface area contributed by atoms with E-state index in [9.17, 15) is 8.78 Å². The summed E-state index contributed by atoms with van der Waals surface area (Å²) in [5, 5.41) is 3.10. The Morgan fingerprint density at radius 2 is 2.21 bits per heavy atom. The minimum atomic E-state index is -3.11. The van der Waals surface area contributed by atoms with Gasteiger partial charge in [0.25, 0.3) is 0 Å². The summed E-state index contributed by atoms with van der Waals surface area (Å²) in [6.07, 6.45) is -2.38. The zero-order valence-corrected chi connectivity index (χ0v) is 7.81. The first-order valence-electron chi connectivity index (χ1n) is 4.49. The maximum Gasteiger partial charge on any atom is 0.394 e. The van der Waals surface area contributed by atoms with Crippen LogP contribution in [0.4, 0.5) is 14.5 Å². The van der Waals surface area contributed by atoms with E-state index in [0.29, 0.717) is 0 Å². The van der Waals surface area contributed by atoms with Crippen molar-refractivity contribution in [3.63, 3.8) is 0 Å². The van der Waals surface area contributed by atoms with E-state index in [0.717, 1.165) is 31.1 Å². The monoisotopic (exact) mass is 199 g/mol. The molecule has 0 unspecified atom stereocenters. The standard InChI is InChI=1S/C10H11F2NO/c1-10(11,12)14-9-4-2-3-8-7(9)5-6-13-8/h2-4,13H,5-6H2,1H3. The van der Waals surface area contributed by atoms with Crippen LogP contribution in [0, 0.1) is 0 Å². The fourth-order valence-corrected chi connectivity index (χ4v) is 1.60. The topological polar surface area (TPSA) is 21.3 Å². The van der Waals surface area contributed by atoms with Gasteiger partial charge in [-0.15, -0.1) is 0 Å². The highest BCUT2D eigenvalue weighted by molar-refractivity contribution is 5.61. The molecular formula is C10H11F2NO. The molecule has 0 aliphatic carbocycles. The van der Waals surface area contributed by atoms with Crippen molar-refractivity contribution < 1.29 is 13.5 Å². The van der Waals surface area contributed by atoms with Gasteiger partial charge in [0.1, 0.15) is 5.75 Å². The molecule has 1 aliphatic heterocycles. The van der Waals surface area contributed by atoms with Gasteiger partial charge in [0.15, 0.2) is 0 Å². The first-order chi connectivity index (χ1) is 6.56. The van der Waals surface area contributed by atoms with E-state index in [1.165, 1.54) is 0 Å². The van der Waals surface area contributed by atoms with E-state index in [1.54, 1.807) is 12.1 Å². The molecule has 0 atom stereocenters. The molecule has 0 aromatic heterocycles. The van der Waals surface area contributed by atoms with Crippen molar-refractivity contribution in [2.24, 2.45) is 0 Å². The summed E-state index contributed by atoms with van der Waals surface area (Å²) in [6.45, 7) is 1.53. The summed E-state index contributed by atoms with van der Waals surface area (Å²) in [5.74, 6) is 0.278. The molecule has 0 bridgehead atoms. The van der Waals surface area contributed by atoms with E-state index in [1.807, 2.05) is 6.07 Å². The number of nitrogens with one attached hydrogen (secondary N) is 1. The van der Waals surface area contributed by atoms with Gasteiger partial charge in [-0.1, -0.05) is 6.07 Å². The second-order valence-corrected chi connectivity index (χ2v) is 3.37. The number of ether oxygens (including phenoxy) is 1. The summed E-state index contributed by atoms with van der Waals surface area (Å²) in [4.78, 5) is 0. The fraction of sp³-hybridized carbons (Fsp3) is 0.400. The van der Waals surface area contributed by atoms with Crippen LogP contribution >= 0.6 is 0 Å². The largest absolute Gasteiger partial charge is 0.432 e. The Kier molecular flexibility index (Phi) is 2.06. The van der Waals surface area contributed by atoms with Crippen molar-refractivity contribution in [1.29, 1.82) is 0 Å². The van der Waals surface area contributed by atoms with Crippen LogP contribution in [0.1, 0.15) is 12.5 Å². The lowest BCUT2D eigenvalue weighted by Gasteiger charge is -2.15. The quantitative estimate of drug-likeness (QED) is 0.790. The third kappa shape index (κ3) is 1.78. The van der Waals surface area contributed by atoms with Gasteiger partial charge in [-0.2, -0.15) is 8.78 Å². The van der Waals surface area contributed by atoms with Gasteiger partial charge in [0, 0.05) is 24.7 Å². The second kappa shape index (κ2) is 3.12. The second-order valence-electron chi connectivity index (χ2n) is 3.37. The van der Waals surface area contributed by atoms with E-state index in [2.05, 4.69) is 10.1 Å². The predicted molar refractivity (Wildman–Crippen MR) is 49.9 cm³/mol. The molecule has 4 heteroatoms. The van der Waals surface area contributed by atoms with E-state index >= 15 is 0 Å². The first-order valence-corrected chi connectivity index (χ1v) is 4.49. The van der Waals surface area contributed by atoms with Crippen LogP contribution in [-0.4, -0.2) is 12.7 Å². The molecule has 1 aromatic rings. The molecule has 1 aliphatic rings. The Bertz CT molecular complexity index is 346. The molecule has 76 valence electrons. The molecule has 14 heavy (non-hydrogen) atoms. The molecule has 0 amide bonds. The molecule has 1 aromatic carbocycles. The van der Waals surface area contributed by atoms with Crippen LogP contribution < -0.4 is 10.1 Å². The van der Waals surface area contributed by atoms with E-state index in [-0.39, 0.29) is 5.75 Å². The number of halogens is 2. The van der Waals surface area contributed by atoms with Gasteiger partial charge >= 0.3 is 6.11 Å². The SMILES string of the molecule is CC(F)(F)Oc1cccc2c1CCN2. The molecule has 0 radical (unpaired) electrons. The summed E-state index contributed by atoms with van der Waals surface area (Å²) in [7, 11) is 0. The highest BCUT2D eigenvalue weighted by Gasteiger charge is 2.26. The predicted octanol–water partition coefficient (Wildman–Crippen LogP) is 2.65. The van der Waals surface area contributed by atoms with Crippen LogP contribution in [0.25, 0.3) is 0 Å². The van der Waals surface area contributed by atoms with Crippen LogP contribution in [0.5, 0.6) is 5.75 Å². The Morgan fingerprint density at radius 1 is 1.43 bits per heavy atom. The first kappa shape index (κ1) is 9.24. The zero-order valence-electron chi connectivity index (χ0n) is 7.81. The van der Waals surface area contributed by atoms with Crippen LogP contribution in [-0.2, 0) is 6.42 Å². The lowest BCUT2D eigenvalue weighted by molar-refractivity contribution is -0.159. The number of benzene rings is 1. The van der Waals surface area contributed by atoms with Crippen LogP contribution in [0.3, 0.4) is 0 Å². The molecular weight excluding hydrogens is 188 g/mol. The third-order valence-corrected chi connectivity index (χ3v) is 2.11. The molecule has 0 spiro atoms. The van der Waals surface area contributed by atoms with Crippen molar-refractivity contribution >= 4 is 5.69 Å². The Balaban J connectivity index is 2.31. The highest BCUT2D eigenvalue weighted by Crippen LogP contribution is 2.33. The van der Waals surface area contributed by atoms with Gasteiger partial charge < -0.3 is 10.1 Å². The molecule has 2 rings (SSSR count). The van der Waals surface area contributed by atoms with Crippen molar-refractivity contribution in [2.75, 3.05) is 11.9 Å². The zero-order chi connectivity index (χ0) is 10.2. The average Bonchev–Trinajstić information content (AvgIpc) is 2.49. The summed E-state index contributed by atoms with van der Waals surface area (Å²) in [6, 6.07) is 5.14. The molecule has 1 heterocycles. The van der Waals surface area contributed by atoms with Gasteiger partial charge in [0.2, 0.25) is 0 Å². The minimum Gasteiger partial charge on any atom is -0.432 e. The number of anilines is 1. The molecule has 0 saturated heterocycles. The Hall–Kier alpha value is -1.32. The number of hydrogen-bond donors (Lipinski definition) is 1. The molecule has 0 fully saturated rings. The van der Waals surface area contributed by atoms with Crippen molar-refractivity contribution in [2.45, 2.75) is 19.5 Å². The molecule has 0 saturated carbocycles. The number of rotatable bonds is 2. The number of fused-ring (bicyclic) bond motifs is 1. The Morgan fingerprint density at radius 3 is 2.93 bits per heavy atom. The maximum atomic E-state index is 12.6.